The van der Waals surface area contributed by atoms with Crippen molar-refractivity contribution in [2.24, 2.45) is 11.5 Å². The number of hydrogen-bond donors (Lipinski definition) is 2. The van der Waals surface area contributed by atoms with Gasteiger partial charge in [0.1, 0.15) is 0 Å². The fraction of sp³-hybridized carbons (Fsp3) is 0.750. The number of nitrogens with two attached hydrogens (primary N) is 2. The van der Waals surface area contributed by atoms with Gasteiger partial charge in [0.2, 0.25) is 11.8 Å². The minimum absolute atomic E-state index is 0.171. The van der Waals surface area contributed by atoms with Crippen molar-refractivity contribution in [3.8, 4) is 0 Å². The van der Waals surface area contributed by atoms with Crippen LogP contribution in [0.4, 0.5) is 0 Å². The molecule has 0 aromatic rings. The van der Waals surface area contributed by atoms with E-state index in [0.717, 1.165) is 38.5 Å². The Balaban J connectivity index is 3.23. The van der Waals surface area contributed by atoms with Crippen molar-refractivity contribution >= 4 is 11.8 Å². The molecule has 0 aliphatic rings. The maximum absolute atomic E-state index is 10.7. The highest BCUT2D eigenvalue weighted by atomic mass is 16.1. The van der Waals surface area contributed by atoms with E-state index in [1.165, 1.54) is 141 Å². The third-order valence-corrected chi connectivity index (χ3v) is 8.29. The first kappa shape index (κ1) is 41.9. The molecule has 0 bridgehead atoms. The van der Waals surface area contributed by atoms with Crippen molar-refractivity contribution in [1.29, 1.82) is 0 Å². The summed E-state index contributed by atoms with van der Waals surface area (Å²) in [5.74, 6) is -0.342. The zero-order valence-corrected chi connectivity index (χ0v) is 28.8. The molecule has 0 fully saturated rings. The molecule has 2 amide bonds. The average Bonchev–Trinajstić information content (AvgIpc) is 3.00. The van der Waals surface area contributed by atoms with E-state index in [9.17, 15) is 9.59 Å². The highest BCUT2D eigenvalue weighted by Crippen LogP contribution is 2.14. The Morgan fingerprint density at radius 3 is 0.727 bits per heavy atom. The number of carbonyl (C=O) groups is 2. The van der Waals surface area contributed by atoms with Crippen molar-refractivity contribution in [2.45, 2.75) is 193 Å². The van der Waals surface area contributed by atoms with Crippen LogP contribution in [0.15, 0.2) is 48.6 Å². The summed E-state index contributed by atoms with van der Waals surface area (Å²) < 4.78 is 0. The molecule has 0 aromatic heterocycles. The van der Waals surface area contributed by atoms with Gasteiger partial charge in [0.25, 0.3) is 0 Å². The molecule has 0 saturated carbocycles. The van der Waals surface area contributed by atoms with Gasteiger partial charge >= 0.3 is 0 Å². The number of rotatable bonds is 35. The summed E-state index contributed by atoms with van der Waals surface area (Å²) in [7, 11) is 0. The number of carbonyl (C=O) groups excluding carboxylic acids is 2. The summed E-state index contributed by atoms with van der Waals surface area (Å²) >= 11 is 0. The zero-order chi connectivity index (χ0) is 32.0. The summed E-state index contributed by atoms with van der Waals surface area (Å²) in [5.41, 5.74) is 10.3. The molecule has 0 unspecified atom stereocenters. The van der Waals surface area contributed by atoms with Gasteiger partial charge in [-0.15, -0.1) is 0 Å². The fourth-order valence-corrected chi connectivity index (χ4v) is 5.49. The smallest absolute Gasteiger partial charge is 0.217 e. The van der Waals surface area contributed by atoms with E-state index in [4.69, 9.17) is 11.5 Å². The minimum Gasteiger partial charge on any atom is -0.370 e. The number of primary amides is 2. The molecular weight excluding hydrogens is 540 g/mol. The molecule has 0 radical (unpaired) electrons. The van der Waals surface area contributed by atoms with Crippen LogP contribution in [-0.4, -0.2) is 11.8 Å². The van der Waals surface area contributed by atoms with Gasteiger partial charge in [-0.3, -0.25) is 9.59 Å². The standard InChI is InChI=1S/C40H72N2O2/c41-39(43)37-35-33-31-29-27-25-23-21-19-17-15-13-11-9-7-5-3-1-2-4-6-8-10-12-14-16-18-20-22-24-26-28-30-32-34-36-38-40(42)44/h15-18,21-24H,1-14,19-20,25-38H2,(H2,41,43)(H2,42,44)/b17-15-,18-16-,23-21-,24-22-. The van der Waals surface area contributed by atoms with Gasteiger partial charge in [0.15, 0.2) is 0 Å². The molecular formula is C40H72N2O2. The molecule has 0 aliphatic carbocycles. The van der Waals surface area contributed by atoms with E-state index in [1.54, 1.807) is 0 Å². The van der Waals surface area contributed by atoms with E-state index in [-0.39, 0.29) is 11.8 Å². The molecule has 0 aliphatic heterocycles. The van der Waals surface area contributed by atoms with Gasteiger partial charge < -0.3 is 11.5 Å². The second-order valence-corrected chi connectivity index (χ2v) is 12.7. The van der Waals surface area contributed by atoms with Crippen LogP contribution >= 0.6 is 0 Å². The van der Waals surface area contributed by atoms with E-state index in [2.05, 4.69) is 48.6 Å². The molecule has 0 spiro atoms. The molecule has 4 N–H and O–H groups in total. The lowest BCUT2D eigenvalue weighted by atomic mass is 10.0. The largest absolute Gasteiger partial charge is 0.370 e. The molecule has 0 atom stereocenters. The van der Waals surface area contributed by atoms with Gasteiger partial charge in [0.05, 0.1) is 0 Å². The maximum atomic E-state index is 10.7. The molecule has 4 heteroatoms. The van der Waals surface area contributed by atoms with E-state index in [0.29, 0.717) is 12.8 Å². The predicted molar refractivity (Wildman–Crippen MR) is 193 cm³/mol. The van der Waals surface area contributed by atoms with Crippen molar-refractivity contribution in [2.75, 3.05) is 0 Å². The van der Waals surface area contributed by atoms with Crippen LogP contribution < -0.4 is 11.5 Å². The Labute approximate surface area is 273 Å². The van der Waals surface area contributed by atoms with E-state index < -0.39 is 0 Å². The second kappa shape index (κ2) is 37.1. The van der Waals surface area contributed by atoms with Crippen LogP contribution in [0, 0.1) is 0 Å². The first-order valence-corrected chi connectivity index (χ1v) is 18.8. The second-order valence-electron chi connectivity index (χ2n) is 12.7. The Hall–Kier alpha value is -2.10. The topological polar surface area (TPSA) is 86.2 Å². The SMILES string of the molecule is NC(=O)CCCCCCC/C=C\C/C=C\CCCCCCCCCCCCCC/C=C\C/C=C\CCCCCCCC(N)=O. The highest BCUT2D eigenvalue weighted by Gasteiger charge is 1.96. The summed E-state index contributed by atoms with van der Waals surface area (Å²) in [6.07, 6.45) is 55.0. The molecule has 44 heavy (non-hydrogen) atoms. The van der Waals surface area contributed by atoms with E-state index in [1.807, 2.05) is 0 Å². The average molecular weight is 613 g/mol. The highest BCUT2D eigenvalue weighted by molar-refractivity contribution is 5.73. The lowest BCUT2D eigenvalue weighted by Gasteiger charge is -2.02. The predicted octanol–water partition coefficient (Wildman–Crippen LogP) is 11.9. The van der Waals surface area contributed by atoms with Crippen LogP contribution in [0.2, 0.25) is 0 Å². The molecule has 0 saturated heterocycles. The Kier molecular flexibility index (Phi) is 35.3. The lowest BCUT2D eigenvalue weighted by Crippen LogP contribution is -2.09. The molecule has 254 valence electrons. The third-order valence-electron chi connectivity index (χ3n) is 8.29. The number of hydrogen-bond acceptors (Lipinski definition) is 2. The summed E-state index contributed by atoms with van der Waals surface area (Å²) in [5, 5.41) is 0. The van der Waals surface area contributed by atoms with Crippen LogP contribution in [0.3, 0.4) is 0 Å². The van der Waals surface area contributed by atoms with Crippen LogP contribution in [-0.2, 0) is 9.59 Å². The number of allylic oxidation sites excluding steroid dienone is 8. The summed E-state index contributed by atoms with van der Waals surface area (Å²) in [6.45, 7) is 0. The van der Waals surface area contributed by atoms with Crippen molar-refractivity contribution in [3.05, 3.63) is 48.6 Å². The third kappa shape index (κ3) is 39.9. The normalized spacial score (nSPS) is 12.1. The van der Waals surface area contributed by atoms with Crippen LogP contribution in [0.5, 0.6) is 0 Å². The van der Waals surface area contributed by atoms with Crippen LogP contribution in [0.1, 0.15) is 193 Å². The Bertz CT molecular complexity index is 676. The fourth-order valence-electron chi connectivity index (χ4n) is 5.49. The molecule has 0 heterocycles. The van der Waals surface area contributed by atoms with Gasteiger partial charge in [-0.05, 0) is 77.0 Å². The minimum atomic E-state index is -0.171. The maximum Gasteiger partial charge on any atom is 0.217 e. The molecule has 0 rings (SSSR count). The van der Waals surface area contributed by atoms with Crippen molar-refractivity contribution < 1.29 is 9.59 Å². The first-order valence-electron chi connectivity index (χ1n) is 18.8. The summed E-state index contributed by atoms with van der Waals surface area (Å²) in [6, 6.07) is 0. The number of amides is 2. The summed E-state index contributed by atoms with van der Waals surface area (Å²) in [4.78, 5) is 21.4. The van der Waals surface area contributed by atoms with Crippen molar-refractivity contribution in [1.82, 2.24) is 0 Å². The molecule has 4 nitrogen and oxygen atoms in total. The van der Waals surface area contributed by atoms with Gasteiger partial charge in [0, 0.05) is 12.8 Å². The zero-order valence-electron chi connectivity index (χ0n) is 28.8. The molecule has 0 aromatic carbocycles. The Morgan fingerprint density at radius 1 is 0.295 bits per heavy atom. The van der Waals surface area contributed by atoms with Gasteiger partial charge in [-0.2, -0.15) is 0 Å². The van der Waals surface area contributed by atoms with Gasteiger partial charge in [-0.1, -0.05) is 151 Å². The van der Waals surface area contributed by atoms with E-state index >= 15 is 0 Å². The quantitative estimate of drug-likeness (QED) is 0.0551. The monoisotopic (exact) mass is 613 g/mol. The Morgan fingerprint density at radius 2 is 0.500 bits per heavy atom. The van der Waals surface area contributed by atoms with Gasteiger partial charge in [-0.25, -0.2) is 0 Å². The number of unbranched alkanes of at least 4 members (excludes halogenated alkanes) is 23. The first-order chi connectivity index (χ1) is 21.6. The lowest BCUT2D eigenvalue weighted by molar-refractivity contribution is -0.119. The van der Waals surface area contributed by atoms with Crippen molar-refractivity contribution in [3.63, 3.8) is 0 Å². The van der Waals surface area contributed by atoms with Crippen LogP contribution in [0.25, 0.3) is 0 Å².